The van der Waals surface area contributed by atoms with Crippen LogP contribution >= 0.6 is 0 Å². The van der Waals surface area contributed by atoms with Gasteiger partial charge < -0.3 is 28.4 Å². The Hall–Kier alpha value is -3.52. The lowest BCUT2D eigenvalue weighted by molar-refractivity contribution is -0.133. The Morgan fingerprint density at radius 3 is 2.43 bits per heavy atom. The molecular weight excluding hydrogens is 448 g/mol. The fraction of sp³-hybridized carbons (Fsp3) is 0.407. The molecule has 2 heterocycles. The number of aryl methyl sites for hydroxylation is 1. The van der Waals surface area contributed by atoms with Gasteiger partial charge in [-0.15, -0.1) is 0 Å². The van der Waals surface area contributed by atoms with E-state index in [1.54, 1.807) is 33.5 Å². The molecule has 4 rings (SSSR count). The van der Waals surface area contributed by atoms with Gasteiger partial charge in [-0.25, -0.2) is 0 Å². The number of ether oxygens (including phenoxy) is 4. The van der Waals surface area contributed by atoms with Crippen LogP contribution in [0.2, 0.25) is 0 Å². The molecule has 1 unspecified atom stereocenters. The smallest absolute Gasteiger partial charge is 0.223 e. The van der Waals surface area contributed by atoms with E-state index in [2.05, 4.69) is 5.16 Å². The van der Waals surface area contributed by atoms with Crippen molar-refractivity contribution in [2.75, 3.05) is 34.5 Å². The Morgan fingerprint density at radius 1 is 1.06 bits per heavy atom. The van der Waals surface area contributed by atoms with Crippen LogP contribution in [0.5, 0.6) is 17.2 Å². The molecule has 35 heavy (non-hydrogen) atoms. The van der Waals surface area contributed by atoms with E-state index in [0.29, 0.717) is 54.6 Å². The first-order valence-corrected chi connectivity index (χ1v) is 11.8. The number of amides is 1. The number of aromatic nitrogens is 1. The van der Waals surface area contributed by atoms with Crippen molar-refractivity contribution in [3.63, 3.8) is 0 Å². The summed E-state index contributed by atoms with van der Waals surface area (Å²) in [5, 5.41) is 4.24. The Balaban J connectivity index is 1.50. The number of carbonyl (C=O) groups excluding carboxylic acids is 1. The van der Waals surface area contributed by atoms with E-state index in [9.17, 15) is 4.79 Å². The van der Waals surface area contributed by atoms with Gasteiger partial charge in [-0.3, -0.25) is 4.79 Å². The zero-order chi connectivity index (χ0) is 24.6. The van der Waals surface area contributed by atoms with E-state index in [-0.39, 0.29) is 12.0 Å². The SMILES string of the molecule is COc1cc(-c2cc(CN(CC3CCCO3)C(=O)CCc3ccccc3)no2)cc(OC)c1OC. The van der Waals surface area contributed by atoms with Crippen LogP contribution in [0.25, 0.3) is 11.3 Å². The number of nitrogens with zero attached hydrogens (tertiary/aromatic N) is 2. The van der Waals surface area contributed by atoms with Gasteiger partial charge in [-0.05, 0) is 37.0 Å². The van der Waals surface area contributed by atoms with Crippen molar-refractivity contribution in [3.8, 4) is 28.6 Å². The predicted octanol–water partition coefficient (Wildman–Crippen LogP) is 4.51. The van der Waals surface area contributed by atoms with Gasteiger partial charge in [-0.2, -0.15) is 0 Å². The van der Waals surface area contributed by atoms with Crippen molar-refractivity contribution in [2.24, 2.45) is 0 Å². The second kappa shape index (κ2) is 11.8. The molecule has 0 N–H and O–H groups in total. The summed E-state index contributed by atoms with van der Waals surface area (Å²) in [7, 11) is 4.69. The van der Waals surface area contributed by atoms with Crippen LogP contribution in [0.4, 0.5) is 0 Å². The summed E-state index contributed by atoms with van der Waals surface area (Å²) in [4.78, 5) is 15.0. The molecular formula is C27H32N2O6. The molecule has 1 fully saturated rings. The summed E-state index contributed by atoms with van der Waals surface area (Å²) in [6, 6.07) is 15.5. The first-order chi connectivity index (χ1) is 17.1. The molecule has 0 radical (unpaired) electrons. The van der Waals surface area contributed by atoms with Gasteiger partial charge >= 0.3 is 0 Å². The summed E-state index contributed by atoms with van der Waals surface area (Å²) in [5.41, 5.74) is 2.54. The van der Waals surface area contributed by atoms with Crippen molar-refractivity contribution in [1.82, 2.24) is 10.1 Å². The van der Waals surface area contributed by atoms with Gasteiger partial charge in [0.05, 0.1) is 34.0 Å². The lowest BCUT2D eigenvalue weighted by Crippen LogP contribution is -2.37. The Bertz CT molecular complexity index is 1080. The third-order valence-electron chi connectivity index (χ3n) is 6.13. The highest BCUT2D eigenvalue weighted by Crippen LogP contribution is 2.41. The molecule has 1 aliphatic rings. The Morgan fingerprint density at radius 2 is 1.80 bits per heavy atom. The van der Waals surface area contributed by atoms with E-state index in [1.807, 2.05) is 41.3 Å². The highest BCUT2D eigenvalue weighted by Gasteiger charge is 2.24. The molecule has 1 aromatic heterocycles. The van der Waals surface area contributed by atoms with Crippen molar-refractivity contribution in [3.05, 3.63) is 59.8 Å². The standard InChI is InChI=1S/C27H32N2O6/c1-31-24-14-20(15-25(32-2)27(24)33-3)23-16-21(28-35-23)17-29(18-22-10-7-13-34-22)26(30)12-11-19-8-5-4-6-9-19/h4-6,8-9,14-16,22H,7,10-13,17-18H2,1-3H3. The fourth-order valence-electron chi connectivity index (χ4n) is 4.28. The maximum absolute atomic E-state index is 13.2. The van der Waals surface area contributed by atoms with Crippen molar-refractivity contribution in [2.45, 2.75) is 38.3 Å². The Kier molecular flexibility index (Phi) is 8.26. The number of benzene rings is 2. The molecule has 2 aromatic carbocycles. The van der Waals surface area contributed by atoms with Crippen LogP contribution in [0.15, 0.2) is 53.1 Å². The molecule has 0 bridgehead atoms. The van der Waals surface area contributed by atoms with E-state index in [1.165, 1.54) is 0 Å². The predicted molar refractivity (Wildman–Crippen MR) is 131 cm³/mol. The van der Waals surface area contributed by atoms with Crippen molar-refractivity contribution < 1.29 is 28.3 Å². The van der Waals surface area contributed by atoms with Gasteiger partial charge in [0.25, 0.3) is 0 Å². The first-order valence-electron chi connectivity index (χ1n) is 11.8. The van der Waals surface area contributed by atoms with E-state index in [0.717, 1.165) is 30.6 Å². The average Bonchev–Trinajstić information content (AvgIpc) is 3.59. The van der Waals surface area contributed by atoms with E-state index in [4.69, 9.17) is 23.5 Å². The quantitative estimate of drug-likeness (QED) is 0.399. The molecule has 0 spiro atoms. The van der Waals surface area contributed by atoms with Gasteiger partial charge in [0.2, 0.25) is 11.7 Å². The van der Waals surface area contributed by atoms with Crippen LogP contribution in [0.1, 0.15) is 30.5 Å². The summed E-state index contributed by atoms with van der Waals surface area (Å²) < 4.78 is 27.7. The third-order valence-corrected chi connectivity index (χ3v) is 6.13. The zero-order valence-corrected chi connectivity index (χ0v) is 20.5. The number of carbonyl (C=O) groups is 1. The molecule has 1 atom stereocenters. The van der Waals surface area contributed by atoms with Crippen LogP contribution in [0.3, 0.4) is 0 Å². The Labute approximate surface area is 205 Å². The van der Waals surface area contributed by atoms with Gasteiger partial charge in [0.15, 0.2) is 17.3 Å². The maximum Gasteiger partial charge on any atom is 0.223 e. The van der Waals surface area contributed by atoms with Crippen molar-refractivity contribution in [1.29, 1.82) is 0 Å². The number of hydrogen-bond donors (Lipinski definition) is 0. The highest BCUT2D eigenvalue weighted by molar-refractivity contribution is 5.76. The number of hydrogen-bond acceptors (Lipinski definition) is 7. The third kappa shape index (κ3) is 6.14. The number of methoxy groups -OCH3 is 3. The molecule has 0 saturated carbocycles. The topological polar surface area (TPSA) is 83.3 Å². The van der Waals surface area contributed by atoms with Gasteiger partial charge in [0, 0.05) is 31.2 Å². The molecule has 0 aliphatic carbocycles. The summed E-state index contributed by atoms with van der Waals surface area (Å²) in [5.74, 6) is 2.17. The van der Waals surface area contributed by atoms with Crippen LogP contribution in [-0.2, 0) is 22.5 Å². The second-order valence-corrected chi connectivity index (χ2v) is 8.49. The molecule has 3 aromatic rings. The minimum Gasteiger partial charge on any atom is -0.493 e. The molecule has 1 saturated heterocycles. The lowest BCUT2D eigenvalue weighted by Gasteiger charge is -2.24. The fourth-order valence-corrected chi connectivity index (χ4v) is 4.28. The van der Waals surface area contributed by atoms with Gasteiger partial charge in [0.1, 0.15) is 5.69 Å². The minimum atomic E-state index is 0.0529. The maximum atomic E-state index is 13.2. The normalized spacial score (nSPS) is 15.1. The number of rotatable bonds is 11. The molecule has 8 heteroatoms. The van der Waals surface area contributed by atoms with Gasteiger partial charge in [-0.1, -0.05) is 35.5 Å². The minimum absolute atomic E-state index is 0.0529. The largest absolute Gasteiger partial charge is 0.493 e. The van der Waals surface area contributed by atoms with E-state index >= 15 is 0 Å². The average molecular weight is 481 g/mol. The monoisotopic (exact) mass is 480 g/mol. The lowest BCUT2D eigenvalue weighted by atomic mass is 10.1. The molecule has 186 valence electrons. The summed E-state index contributed by atoms with van der Waals surface area (Å²) >= 11 is 0. The van der Waals surface area contributed by atoms with Crippen LogP contribution < -0.4 is 14.2 Å². The molecule has 8 nitrogen and oxygen atoms in total. The van der Waals surface area contributed by atoms with Crippen LogP contribution in [-0.4, -0.2) is 56.5 Å². The summed E-state index contributed by atoms with van der Waals surface area (Å²) in [6.07, 6.45) is 3.15. The van der Waals surface area contributed by atoms with Crippen LogP contribution in [0, 0.1) is 0 Å². The molecule has 1 amide bonds. The van der Waals surface area contributed by atoms with E-state index < -0.39 is 0 Å². The molecule has 1 aliphatic heterocycles. The summed E-state index contributed by atoms with van der Waals surface area (Å²) in [6.45, 7) is 1.63. The first kappa shape index (κ1) is 24.6. The highest BCUT2D eigenvalue weighted by atomic mass is 16.5. The van der Waals surface area contributed by atoms with Crippen molar-refractivity contribution >= 4 is 5.91 Å². The second-order valence-electron chi connectivity index (χ2n) is 8.49. The zero-order valence-electron chi connectivity index (χ0n) is 20.5.